The largest absolute Gasteiger partial charge is 0.465 e. The molecular formula is C18H12Cl2F3N5O2. The Hall–Kier alpha value is -3.03. The van der Waals surface area contributed by atoms with E-state index in [1.807, 2.05) is 0 Å². The Balaban J connectivity index is 2.33. The molecule has 0 radical (unpaired) electrons. The van der Waals surface area contributed by atoms with E-state index in [2.05, 4.69) is 25.0 Å². The first-order valence-electron chi connectivity index (χ1n) is 8.24. The van der Waals surface area contributed by atoms with E-state index in [1.165, 1.54) is 18.2 Å². The second-order valence-corrected chi connectivity index (χ2v) is 6.86. The molecule has 0 unspecified atom stereocenters. The van der Waals surface area contributed by atoms with E-state index in [0.29, 0.717) is 0 Å². The molecule has 1 N–H and O–H groups in total. The highest BCUT2D eigenvalue weighted by Gasteiger charge is 2.37. The summed E-state index contributed by atoms with van der Waals surface area (Å²) in [6.07, 6.45) is -3.48. The fraction of sp³-hybridized carbons (Fsp3) is 0.222. The number of nitrogens with one attached hydrogen (secondary N) is 1. The Morgan fingerprint density at radius 2 is 2.07 bits per heavy atom. The Morgan fingerprint density at radius 1 is 1.37 bits per heavy atom. The molecule has 2 heterocycles. The zero-order chi connectivity index (χ0) is 22.2. The van der Waals surface area contributed by atoms with E-state index < -0.39 is 18.2 Å². The van der Waals surface area contributed by atoms with Crippen LogP contribution in [0.15, 0.2) is 24.4 Å². The van der Waals surface area contributed by atoms with Crippen LogP contribution in [0.4, 0.5) is 24.7 Å². The van der Waals surface area contributed by atoms with Crippen molar-refractivity contribution < 1.29 is 22.7 Å². The predicted molar refractivity (Wildman–Crippen MR) is 105 cm³/mol. The average molecular weight is 458 g/mol. The number of benzene rings is 1. The molecule has 2 aromatic heterocycles. The number of alkyl halides is 3. The van der Waals surface area contributed by atoms with E-state index in [-0.39, 0.29) is 44.0 Å². The second-order valence-electron chi connectivity index (χ2n) is 6.10. The van der Waals surface area contributed by atoms with Gasteiger partial charge in [-0.1, -0.05) is 35.3 Å². The summed E-state index contributed by atoms with van der Waals surface area (Å²) in [5.74, 6) is -0.960. The summed E-state index contributed by atoms with van der Waals surface area (Å²) in [5, 5.41) is 6.18. The highest BCUT2D eigenvalue weighted by Crippen LogP contribution is 2.41. The van der Waals surface area contributed by atoms with E-state index in [1.54, 1.807) is 0 Å². The van der Waals surface area contributed by atoms with Gasteiger partial charge in [0.15, 0.2) is 11.3 Å². The van der Waals surface area contributed by atoms with Gasteiger partial charge in [-0.05, 0) is 13.0 Å². The Kier molecular flexibility index (Phi) is 5.78. The number of hydrogen-bond acceptors (Lipinski definition) is 5. The van der Waals surface area contributed by atoms with Crippen LogP contribution >= 0.6 is 23.2 Å². The van der Waals surface area contributed by atoms with Gasteiger partial charge in [0, 0.05) is 10.6 Å². The number of ether oxygens (including phenoxy) is 1. The molecule has 12 heteroatoms. The van der Waals surface area contributed by atoms with Crippen molar-refractivity contribution >= 4 is 46.3 Å². The van der Waals surface area contributed by atoms with Crippen molar-refractivity contribution in [2.24, 2.45) is 0 Å². The number of rotatable bonds is 4. The zero-order valence-corrected chi connectivity index (χ0v) is 16.9. The van der Waals surface area contributed by atoms with Gasteiger partial charge in [0.2, 0.25) is 0 Å². The van der Waals surface area contributed by atoms with Crippen LogP contribution in [0.2, 0.25) is 10.2 Å². The van der Waals surface area contributed by atoms with Gasteiger partial charge in [0.25, 0.3) is 0 Å². The number of aromatic nitrogens is 3. The van der Waals surface area contributed by atoms with Crippen LogP contribution in [0.5, 0.6) is 0 Å². The molecule has 0 amide bonds. The van der Waals surface area contributed by atoms with Crippen molar-refractivity contribution in [3.8, 4) is 11.1 Å². The van der Waals surface area contributed by atoms with E-state index in [9.17, 15) is 18.0 Å². The third-order valence-electron chi connectivity index (χ3n) is 4.20. The highest BCUT2D eigenvalue weighted by atomic mass is 35.5. The fourth-order valence-electron chi connectivity index (χ4n) is 2.65. The summed E-state index contributed by atoms with van der Waals surface area (Å²) in [7, 11) is 1.14. The van der Waals surface area contributed by atoms with Gasteiger partial charge in [0.05, 0.1) is 25.4 Å². The summed E-state index contributed by atoms with van der Waals surface area (Å²) in [4.78, 5) is 19.3. The Labute approximate surface area is 178 Å². The first-order chi connectivity index (χ1) is 14.1. The molecule has 0 spiro atoms. The zero-order valence-electron chi connectivity index (χ0n) is 15.4. The van der Waals surface area contributed by atoms with E-state index >= 15 is 0 Å². The topological polar surface area (TPSA) is 72.9 Å². The monoisotopic (exact) mass is 457 g/mol. The summed E-state index contributed by atoms with van der Waals surface area (Å²) in [6, 6.07) is 2.24. The summed E-state index contributed by atoms with van der Waals surface area (Å²) >= 11 is 12.6. The van der Waals surface area contributed by atoms with Gasteiger partial charge in [-0.2, -0.15) is 22.8 Å². The first-order valence-corrected chi connectivity index (χ1v) is 9.00. The highest BCUT2D eigenvalue weighted by molar-refractivity contribution is 6.36. The first kappa shape index (κ1) is 21.7. The molecule has 0 bridgehead atoms. The number of carbonyl (C=O) groups is 1. The molecule has 1 atom stereocenters. The van der Waals surface area contributed by atoms with Crippen LogP contribution in [0.1, 0.15) is 17.3 Å². The molecule has 0 aliphatic heterocycles. The van der Waals surface area contributed by atoms with Crippen LogP contribution in [-0.4, -0.2) is 39.9 Å². The normalized spacial score (nSPS) is 12.5. The third-order valence-corrected chi connectivity index (χ3v) is 4.79. The quantitative estimate of drug-likeness (QED) is 0.322. The fourth-order valence-corrected chi connectivity index (χ4v) is 3.20. The van der Waals surface area contributed by atoms with Gasteiger partial charge in [-0.25, -0.2) is 14.6 Å². The summed E-state index contributed by atoms with van der Waals surface area (Å²) in [6.45, 7) is 7.98. The van der Waals surface area contributed by atoms with Gasteiger partial charge >= 0.3 is 12.1 Å². The Morgan fingerprint density at radius 3 is 2.63 bits per heavy atom. The van der Waals surface area contributed by atoms with Gasteiger partial charge < -0.3 is 10.1 Å². The number of nitrogens with zero attached hydrogens (tertiary/aromatic N) is 4. The number of fused-ring (bicyclic) bond motifs is 1. The van der Waals surface area contributed by atoms with Crippen molar-refractivity contribution in [2.45, 2.75) is 19.1 Å². The van der Waals surface area contributed by atoms with E-state index in [4.69, 9.17) is 29.8 Å². The van der Waals surface area contributed by atoms with Gasteiger partial charge in [0.1, 0.15) is 22.6 Å². The van der Waals surface area contributed by atoms with Gasteiger partial charge in [-0.3, -0.25) is 0 Å². The number of anilines is 1. The van der Waals surface area contributed by atoms with Crippen LogP contribution in [0.25, 0.3) is 21.6 Å². The molecule has 0 saturated carbocycles. The minimum atomic E-state index is -4.59. The van der Waals surface area contributed by atoms with Crippen molar-refractivity contribution in [3.63, 3.8) is 0 Å². The third kappa shape index (κ3) is 3.86. The number of hydrogen-bond donors (Lipinski definition) is 1. The molecular weight excluding hydrogens is 446 g/mol. The van der Waals surface area contributed by atoms with Crippen LogP contribution in [-0.2, 0) is 4.74 Å². The molecule has 1 aromatic carbocycles. The van der Waals surface area contributed by atoms with Crippen molar-refractivity contribution in [3.05, 3.63) is 51.6 Å². The number of methoxy groups -OCH3 is 1. The SMILES string of the molecule is [C-]#[N+]c1ccc(-c2c(Cl)nc3c(C(=O)OC)cnn3c2N[C@@H](C)C(F)(F)F)c(Cl)c1. The lowest BCUT2D eigenvalue weighted by molar-refractivity contribution is -0.138. The molecule has 7 nitrogen and oxygen atoms in total. The molecule has 0 saturated heterocycles. The number of esters is 1. The lowest BCUT2D eigenvalue weighted by Gasteiger charge is -2.22. The van der Waals surface area contributed by atoms with E-state index in [0.717, 1.165) is 24.7 Å². The Bertz CT molecular complexity index is 1190. The van der Waals surface area contributed by atoms with Crippen molar-refractivity contribution in [1.82, 2.24) is 14.6 Å². The standard InChI is InChI=1S/C18H12Cl2F3N5O2/c1-8(18(21,22)23)26-16-13(10-5-4-9(24-2)6-12(10)19)14(20)27-15-11(17(29)30-3)7-25-28(15)16/h4-8,26H,1,3H3/t8-/m0/s1. The lowest BCUT2D eigenvalue weighted by atomic mass is 10.1. The lowest BCUT2D eigenvalue weighted by Crippen LogP contribution is -2.34. The van der Waals surface area contributed by atoms with Crippen molar-refractivity contribution in [1.29, 1.82) is 0 Å². The molecule has 0 aliphatic rings. The second kappa shape index (κ2) is 8.01. The number of halogens is 5. The average Bonchev–Trinajstić information content (AvgIpc) is 3.10. The van der Waals surface area contributed by atoms with Crippen LogP contribution in [0.3, 0.4) is 0 Å². The minimum absolute atomic E-state index is 0.0290. The number of carbonyl (C=O) groups excluding carboxylic acids is 1. The maximum atomic E-state index is 13.3. The molecule has 0 fully saturated rings. The molecule has 0 aliphatic carbocycles. The molecule has 156 valence electrons. The minimum Gasteiger partial charge on any atom is -0.465 e. The van der Waals surface area contributed by atoms with Crippen molar-refractivity contribution in [2.75, 3.05) is 12.4 Å². The smallest absolute Gasteiger partial charge is 0.408 e. The van der Waals surface area contributed by atoms with Crippen LogP contribution in [0, 0.1) is 6.57 Å². The molecule has 30 heavy (non-hydrogen) atoms. The van der Waals surface area contributed by atoms with Gasteiger partial charge in [-0.15, -0.1) is 0 Å². The molecule has 3 rings (SSSR count). The van der Waals surface area contributed by atoms with Crippen LogP contribution < -0.4 is 5.32 Å². The summed E-state index contributed by atoms with van der Waals surface area (Å²) < 4.78 is 45.5. The summed E-state index contributed by atoms with van der Waals surface area (Å²) in [5.41, 5.74) is 0.320. The molecule has 3 aromatic rings. The maximum absolute atomic E-state index is 13.3. The maximum Gasteiger partial charge on any atom is 0.408 e. The predicted octanol–water partition coefficient (Wildman–Crippen LogP) is 5.40.